The number of nitrogens with zero attached hydrogens (tertiary/aromatic N) is 2. The van der Waals surface area contributed by atoms with Crippen LogP contribution in [0.4, 0.5) is 0 Å². The van der Waals surface area contributed by atoms with Crippen molar-refractivity contribution in [1.82, 2.24) is 5.01 Å². The van der Waals surface area contributed by atoms with Gasteiger partial charge in [0.1, 0.15) is 5.75 Å². The van der Waals surface area contributed by atoms with Crippen molar-refractivity contribution < 1.29 is 4.74 Å². The number of benzene rings is 2. The zero-order valence-corrected chi connectivity index (χ0v) is 16.9. The molecule has 2 heterocycles. The van der Waals surface area contributed by atoms with E-state index in [1.807, 2.05) is 18.2 Å². The molecule has 0 radical (unpaired) electrons. The fourth-order valence-electron chi connectivity index (χ4n) is 3.40. The molecule has 4 rings (SSSR count). The molecule has 0 N–H and O–H groups in total. The minimum absolute atomic E-state index is 0.0889. The third kappa shape index (κ3) is 3.05. The van der Waals surface area contributed by atoms with E-state index >= 15 is 0 Å². The van der Waals surface area contributed by atoms with E-state index in [1.165, 1.54) is 0 Å². The SMILES string of the molecule is CC(C)[C@H]1Oc2c(Cl)cc(Cl)cc2[C@@H]2CC(c3ccc(Br)cc3)=NN12. The highest BCUT2D eigenvalue weighted by atomic mass is 79.9. The molecule has 2 aromatic rings. The molecule has 0 bridgehead atoms. The fraction of sp³-hybridized carbons (Fsp3) is 0.316. The maximum Gasteiger partial charge on any atom is 0.190 e. The van der Waals surface area contributed by atoms with Gasteiger partial charge in [0.25, 0.3) is 0 Å². The number of hydrogen-bond acceptors (Lipinski definition) is 3. The van der Waals surface area contributed by atoms with Crippen LogP contribution in [0.2, 0.25) is 10.0 Å². The standard InChI is InChI=1S/C19H17BrCl2N2O/c1-10(2)19-24-17(14-7-13(21)8-15(22)18(14)25-19)9-16(23-24)11-3-5-12(20)6-4-11/h3-8,10,17,19H,9H2,1-2H3/t17-,19+/m0/s1. The summed E-state index contributed by atoms with van der Waals surface area (Å²) in [6.45, 7) is 4.26. The lowest BCUT2D eigenvalue weighted by Gasteiger charge is -2.40. The largest absolute Gasteiger partial charge is 0.467 e. The summed E-state index contributed by atoms with van der Waals surface area (Å²) in [5.74, 6) is 1.01. The predicted octanol–water partition coefficient (Wildman–Crippen LogP) is 6.28. The number of ether oxygens (including phenoxy) is 1. The Morgan fingerprint density at radius 1 is 1.20 bits per heavy atom. The molecular formula is C19H17BrCl2N2O. The molecule has 0 unspecified atom stereocenters. The maximum absolute atomic E-state index is 6.41. The second kappa shape index (κ2) is 6.49. The van der Waals surface area contributed by atoms with Crippen LogP contribution in [0.15, 0.2) is 46.0 Å². The van der Waals surface area contributed by atoms with Crippen molar-refractivity contribution in [3.63, 3.8) is 0 Å². The smallest absolute Gasteiger partial charge is 0.190 e. The molecule has 2 aromatic carbocycles. The van der Waals surface area contributed by atoms with Crippen LogP contribution < -0.4 is 4.74 Å². The summed E-state index contributed by atoms with van der Waals surface area (Å²) >= 11 is 16.1. The minimum Gasteiger partial charge on any atom is -0.467 e. The van der Waals surface area contributed by atoms with Crippen LogP contribution in [-0.2, 0) is 0 Å². The molecule has 3 nitrogen and oxygen atoms in total. The van der Waals surface area contributed by atoms with Gasteiger partial charge in [0.2, 0.25) is 0 Å². The highest BCUT2D eigenvalue weighted by molar-refractivity contribution is 9.10. The van der Waals surface area contributed by atoms with Crippen molar-refractivity contribution >= 4 is 44.8 Å². The number of hydrazone groups is 1. The first kappa shape index (κ1) is 17.2. The van der Waals surface area contributed by atoms with Gasteiger partial charge in [-0.05, 0) is 29.8 Å². The van der Waals surface area contributed by atoms with Crippen LogP contribution in [-0.4, -0.2) is 16.9 Å². The lowest BCUT2D eigenvalue weighted by molar-refractivity contribution is -0.0460. The average Bonchev–Trinajstić information content (AvgIpc) is 3.00. The van der Waals surface area contributed by atoms with Crippen LogP contribution in [0.25, 0.3) is 0 Å². The van der Waals surface area contributed by atoms with Gasteiger partial charge in [-0.1, -0.05) is 65.1 Å². The Morgan fingerprint density at radius 3 is 2.60 bits per heavy atom. The minimum atomic E-state index is -0.149. The molecule has 6 heteroatoms. The van der Waals surface area contributed by atoms with Gasteiger partial charge in [-0.25, -0.2) is 5.01 Å². The van der Waals surface area contributed by atoms with Crippen LogP contribution >= 0.6 is 39.1 Å². The molecule has 0 aromatic heterocycles. The number of halogens is 3. The van der Waals surface area contributed by atoms with Crippen molar-refractivity contribution in [3.05, 3.63) is 62.0 Å². The van der Waals surface area contributed by atoms with E-state index in [0.717, 1.165) is 33.5 Å². The molecule has 2 aliphatic rings. The molecular weight excluding hydrogens is 423 g/mol. The summed E-state index contributed by atoms with van der Waals surface area (Å²) in [6.07, 6.45) is 0.654. The fourth-order valence-corrected chi connectivity index (χ4v) is 4.22. The van der Waals surface area contributed by atoms with E-state index in [2.05, 4.69) is 46.9 Å². The van der Waals surface area contributed by atoms with E-state index in [-0.39, 0.29) is 18.2 Å². The Kier molecular flexibility index (Phi) is 4.47. The summed E-state index contributed by atoms with van der Waals surface area (Å²) < 4.78 is 7.27. The molecule has 0 fully saturated rings. The van der Waals surface area contributed by atoms with Crippen LogP contribution in [0.5, 0.6) is 5.75 Å². The summed E-state index contributed by atoms with van der Waals surface area (Å²) in [5.41, 5.74) is 3.18. The van der Waals surface area contributed by atoms with Gasteiger partial charge in [-0.15, -0.1) is 0 Å². The average molecular weight is 440 g/mol. The van der Waals surface area contributed by atoms with Gasteiger partial charge in [-0.2, -0.15) is 5.10 Å². The van der Waals surface area contributed by atoms with Crippen molar-refractivity contribution in [2.45, 2.75) is 32.5 Å². The lowest BCUT2D eigenvalue weighted by Crippen LogP contribution is -2.43. The summed E-state index contributed by atoms with van der Waals surface area (Å²) in [6, 6.07) is 12.0. The maximum atomic E-state index is 6.41. The number of hydrogen-bond donors (Lipinski definition) is 0. The monoisotopic (exact) mass is 438 g/mol. The van der Waals surface area contributed by atoms with Gasteiger partial charge in [0, 0.05) is 27.4 Å². The van der Waals surface area contributed by atoms with Gasteiger partial charge in [0.15, 0.2) is 6.23 Å². The zero-order chi connectivity index (χ0) is 17.7. The van der Waals surface area contributed by atoms with E-state index in [9.17, 15) is 0 Å². The molecule has 0 saturated heterocycles. The van der Waals surface area contributed by atoms with Crippen molar-refractivity contribution in [2.24, 2.45) is 11.0 Å². The van der Waals surface area contributed by atoms with Crippen LogP contribution in [0.3, 0.4) is 0 Å². The molecule has 0 aliphatic carbocycles. The van der Waals surface area contributed by atoms with E-state index in [0.29, 0.717) is 10.0 Å². The molecule has 0 amide bonds. The molecule has 2 atom stereocenters. The summed E-state index contributed by atoms with van der Waals surface area (Å²) in [4.78, 5) is 0. The Hall–Kier alpha value is -1.23. The van der Waals surface area contributed by atoms with Crippen molar-refractivity contribution in [2.75, 3.05) is 0 Å². The number of fused-ring (bicyclic) bond motifs is 3. The summed E-state index contributed by atoms with van der Waals surface area (Å²) in [7, 11) is 0. The Morgan fingerprint density at radius 2 is 1.92 bits per heavy atom. The Bertz CT molecular complexity index is 851. The Labute approximate surface area is 165 Å². The lowest BCUT2D eigenvalue weighted by atomic mass is 9.95. The highest BCUT2D eigenvalue weighted by Gasteiger charge is 2.42. The predicted molar refractivity (Wildman–Crippen MR) is 106 cm³/mol. The molecule has 130 valence electrons. The zero-order valence-electron chi connectivity index (χ0n) is 13.8. The van der Waals surface area contributed by atoms with Crippen molar-refractivity contribution in [3.8, 4) is 5.75 Å². The van der Waals surface area contributed by atoms with Crippen LogP contribution in [0, 0.1) is 5.92 Å². The molecule has 25 heavy (non-hydrogen) atoms. The third-order valence-corrected chi connectivity index (χ3v) is 5.61. The van der Waals surface area contributed by atoms with Gasteiger partial charge < -0.3 is 4.74 Å². The molecule has 2 aliphatic heterocycles. The van der Waals surface area contributed by atoms with Crippen LogP contribution in [0.1, 0.15) is 37.4 Å². The first-order valence-electron chi connectivity index (χ1n) is 8.21. The molecule has 0 saturated carbocycles. The normalized spacial score (nSPS) is 21.7. The van der Waals surface area contributed by atoms with Gasteiger partial charge in [-0.3, -0.25) is 0 Å². The second-order valence-corrected chi connectivity index (χ2v) is 8.47. The van der Waals surface area contributed by atoms with Gasteiger partial charge >= 0.3 is 0 Å². The summed E-state index contributed by atoms with van der Waals surface area (Å²) in [5, 5.41) is 8.14. The first-order valence-corrected chi connectivity index (χ1v) is 9.76. The second-order valence-electron chi connectivity index (χ2n) is 6.71. The topological polar surface area (TPSA) is 24.8 Å². The Balaban J connectivity index is 1.78. The highest BCUT2D eigenvalue weighted by Crippen LogP contribution is 2.48. The van der Waals surface area contributed by atoms with E-state index < -0.39 is 0 Å². The van der Waals surface area contributed by atoms with E-state index in [4.69, 9.17) is 33.0 Å². The van der Waals surface area contributed by atoms with E-state index in [1.54, 1.807) is 6.07 Å². The first-order chi connectivity index (χ1) is 11.9. The molecule has 0 spiro atoms. The number of rotatable bonds is 2. The van der Waals surface area contributed by atoms with Crippen molar-refractivity contribution in [1.29, 1.82) is 0 Å². The third-order valence-electron chi connectivity index (χ3n) is 4.59. The van der Waals surface area contributed by atoms with Gasteiger partial charge in [0.05, 0.1) is 16.8 Å². The quantitative estimate of drug-likeness (QED) is 0.549.